The van der Waals surface area contributed by atoms with Crippen LogP contribution in [0.5, 0.6) is 0 Å². The Morgan fingerprint density at radius 1 is 0.420 bits per heavy atom. The zero-order valence-electron chi connectivity index (χ0n) is 83.4. The second kappa shape index (κ2) is 43.9. The van der Waals surface area contributed by atoms with E-state index in [1.54, 1.807) is 46.0 Å². The van der Waals surface area contributed by atoms with E-state index in [1.807, 2.05) is 184 Å². The molecule has 724 valence electrons. The van der Waals surface area contributed by atoms with E-state index in [9.17, 15) is 97.8 Å². The SMILES string of the molecule is CC(C)(C)C#CC(C)(O)c1nnco1.CC(C)(C)C#CC1(O)CCCC1=O.CC(C)(C)C#CC1(O)CCOC1=O.CC(C)(C)C#CC1(O)CCc2cccnc21.CN1CC(F)(F)C(O)(C#CC(C)(C)C)C1=O.CN1CC(F)C(O)(C#CC(C)(C)C)C1=O.CN1CC(O)C(O)(C#CC(C)(C)C)C1=O.CN1CCC(O)(C#CC(C)(C)C)C1=O.CN1CCCC(O)(C#CC(C)(C)C)C1=O. The molecule has 2 aromatic rings. The van der Waals surface area contributed by atoms with E-state index < -0.39 is 104 Å². The number of aliphatic hydroxyl groups excluding tert-OH is 1. The molecule has 0 aromatic carbocycles. The first-order valence-corrected chi connectivity index (χ1v) is 43.5. The number of likely N-dealkylation sites (N-methyl/N-ethyl adjacent to an activating group) is 5. The third-order valence-electron chi connectivity index (χ3n) is 19.1. The molecule has 2 aromatic heterocycles. The lowest BCUT2D eigenvalue weighted by molar-refractivity contribution is -0.154. The van der Waals surface area contributed by atoms with E-state index in [1.165, 1.54) is 44.3 Å². The number of β-amino-alcohol motifs (C(OH)–C–C–N with tert-alkyl or cyclic N) is 1. The number of ether oxygens (including phenoxy) is 1. The zero-order valence-corrected chi connectivity index (χ0v) is 83.4. The van der Waals surface area contributed by atoms with Gasteiger partial charge in [-0.25, -0.2) is 9.18 Å². The van der Waals surface area contributed by atoms with Crippen molar-refractivity contribution in [3.05, 3.63) is 41.9 Å². The van der Waals surface area contributed by atoms with Gasteiger partial charge in [-0.15, -0.1) is 10.2 Å². The number of amides is 5. The molecule has 1 saturated carbocycles. The Hall–Kier alpha value is -9.79. The van der Waals surface area contributed by atoms with E-state index in [0.717, 1.165) is 40.3 Å². The van der Waals surface area contributed by atoms with Gasteiger partial charge in [0.1, 0.15) is 6.10 Å². The molecule has 6 saturated heterocycles. The van der Waals surface area contributed by atoms with Crippen molar-refractivity contribution in [2.24, 2.45) is 48.7 Å². The van der Waals surface area contributed by atoms with Crippen LogP contribution < -0.4 is 0 Å². The molecule has 30 heteroatoms. The number of esters is 1. The van der Waals surface area contributed by atoms with E-state index in [0.29, 0.717) is 45.2 Å². The lowest BCUT2D eigenvalue weighted by Gasteiger charge is -2.32. The van der Waals surface area contributed by atoms with Crippen molar-refractivity contribution in [3.63, 3.8) is 0 Å². The summed E-state index contributed by atoms with van der Waals surface area (Å²) in [6.45, 7) is 53.9. The normalized spacial score (nSPS) is 26.9. The van der Waals surface area contributed by atoms with Gasteiger partial charge in [0.15, 0.2) is 23.2 Å². The molecule has 11 atom stereocenters. The minimum atomic E-state index is -3.53. The summed E-state index contributed by atoms with van der Waals surface area (Å²) in [6.07, 6.45) is 5.28. The highest BCUT2D eigenvalue weighted by molar-refractivity contribution is 5.94. The van der Waals surface area contributed by atoms with Crippen LogP contribution in [0.4, 0.5) is 13.2 Å². The molecule has 5 amide bonds. The number of aryl methyl sites for hydroxylation is 1. The number of ketones is 1. The Morgan fingerprint density at radius 3 is 1.18 bits per heavy atom. The van der Waals surface area contributed by atoms with Gasteiger partial charge in [-0.2, -0.15) is 8.78 Å². The van der Waals surface area contributed by atoms with Gasteiger partial charge in [-0.3, -0.25) is 33.8 Å². The monoisotopic (exact) mass is 1830 g/mol. The molecule has 8 heterocycles. The van der Waals surface area contributed by atoms with Crippen molar-refractivity contribution in [2.75, 3.05) is 74.6 Å². The summed E-state index contributed by atoms with van der Waals surface area (Å²) in [5.74, 6) is 41.9. The maximum atomic E-state index is 13.5. The van der Waals surface area contributed by atoms with Gasteiger partial charge in [0.05, 0.1) is 31.9 Å². The van der Waals surface area contributed by atoms with E-state index >= 15 is 0 Å². The molecular formula is C101H145F3N8O19. The highest BCUT2D eigenvalue weighted by Gasteiger charge is 2.65. The maximum absolute atomic E-state index is 13.5. The van der Waals surface area contributed by atoms with Crippen molar-refractivity contribution < 1.29 is 107 Å². The largest absolute Gasteiger partial charge is 0.463 e. The molecule has 10 rings (SSSR count). The van der Waals surface area contributed by atoms with E-state index in [4.69, 9.17) is 4.42 Å². The van der Waals surface area contributed by atoms with E-state index in [2.05, 4.69) is 121 Å². The summed E-state index contributed by atoms with van der Waals surface area (Å²) in [5.41, 5.74) is -15.5. The van der Waals surface area contributed by atoms with Crippen LogP contribution in [-0.2, 0) is 55.9 Å². The van der Waals surface area contributed by atoms with Crippen LogP contribution in [0, 0.1) is 155 Å². The Labute approximate surface area is 776 Å². The molecule has 27 nitrogen and oxygen atoms in total. The van der Waals surface area contributed by atoms with Gasteiger partial charge in [0, 0.05) is 123 Å². The molecule has 10 N–H and O–H groups in total. The quantitative estimate of drug-likeness (QED) is 0.0944. The third kappa shape index (κ3) is 37.3. The first-order chi connectivity index (χ1) is 58.7. The summed E-state index contributed by atoms with van der Waals surface area (Å²) in [6, 6.07) is 3.92. The third-order valence-corrected chi connectivity index (χ3v) is 19.1. The highest BCUT2D eigenvalue weighted by Crippen LogP contribution is 2.39. The second-order valence-corrected chi connectivity index (χ2v) is 43.6. The number of nitrogens with zero attached hydrogens (tertiary/aromatic N) is 8. The highest BCUT2D eigenvalue weighted by atomic mass is 19.3. The first-order valence-electron chi connectivity index (χ1n) is 43.5. The fraction of sp³-hybridized carbons (Fsp3) is 0.683. The number of cyclic esters (lactones) is 1. The van der Waals surface area contributed by atoms with Crippen LogP contribution in [0.3, 0.4) is 0 Å². The molecule has 0 radical (unpaired) electrons. The number of Topliss-reactive ketones (excluding diaryl/α,β-unsaturated/α-hetero) is 1. The van der Waals surface area contributed by atoms with Gasteiger partial charge in [-0.05, 0) is 244 Å². The Kier molecular flexibility index (Phi) is 39.3. The molecular weight excluding hydrogens is 1690 g/mol. The van der Waals surface area contributed by atoms with Gasteiger partial charge in [0.25, 0.3) is 41.0 Å². The second-order valence-electron chi connectivity index (χ2n) is 43.6. The summed E-state index contributed by atoms with van der Waals surface area (Å²) >= 11 is 0. The smallest absolute Gasteiger partial charge is 0.351 e. The van der Waals surface area contributed by atoms with Crippen LogP contribution in [0.2, 0.25) is 0 Å². The average Bonchev–Trinajstić information content (AvgIpc) is 1.60. The topological polar surface area (TPSA) is 399 Å². The molecule has 0 spiro atoms. The molecule has 0 bridgehead atoms. The van der Waals surface area contributed by atoms with Gasteiger partial charge >= 0.3 is 11.9 Å². The van der Waals surface area contributed by atoms with Gasteiger partial charge in [0.2, 0.25) is 40.0 Å². The number of carbonyl (C=O) groups excluding carboxylic acids is 7. The Balaban J connectivity index is 0.000000499. The Bertz CT molecular complexity index is 4880. The van der Waals surface area contributed by atoms with Crippen molar-refractivity contribution in [1.29, 1.82) is 0 Å². The van der Waals surface area contributed by atoms with Gasteiger partial charge < -0.3 is 84.7 Å². The lowest BCUT2D eigenvalue weighted by Crippen LogP contribution is -2.51. The van der Waals surface area contributed by atoms with E-state index in [-0.39, 0.29) is 92.9 Å². The fourth-order valence-electron chi connectivity index (χ4n) is 11.5. The predicted molar refractivity (Wildman–Crippen MR) is 492 cm³/mol. The predicted octanol–water partition coefficient (Wildman–Crippen LogP) is 8.53. The number of aromatic nitrogens is 3. The number of rotatable bonds is 1. The van der Waals surface area contributed by atoms with Crippen molar-refractivity contribution in [3.8, 4) is 107 Å². The molecule has 2 aliphatic carbocycles. The molecule has 11 unspecified atom stereocenters. The Morgan fingerprint density at radius 2 is 0.817 bits per heavy atom. The number of pyridine rings is 1. The first kappa shape index (κ1) is 117. The molecule has 131 heavy (non-hydrogen) atoms. The number of fused-ring (bicyclic) bond motifs is 1. The fourth-order valence-corrected chi connectivity index (χ4v) is 11.5. The molecule has 7 fully saturated rings. The van der Waals surface area contributed by atoms with Crippen LogP contribution >= 0.6 is 0 Å². The van der Waals surface area contributed by atoms with Crippen molar-refractivity contribution in [2.45, 2.75) is 320 Å². The zero-order chi connectivity index (χ0) is 102. The number of halogens is 3. The van der Waals surface area contributed by atoms with Crippen LogP contribution in [0.15, 0.2) is 29.1 Å². The number of piperidine rings is 1. The number of likely N-dealkylation sites (tertiary alicyclic amines) is 5. The summed E-state index contributed by atoms with van der Waals surface area (Å²) < 4.78 is 49.9. The van der Waals surface area contributed by atoms with Gasteiger partial charge in [-0.1, -0.05) is 113 Å². The lowest BCUT2D eigenvalue weighted by atomic mass is 9.90. The maximum Gasteiger partial charge on any atom is 0.351 e. The standard InChI is InChI=1S/C14H17NO.C12H19NO2.C11H15F2NO2.C11H16FNO2.C11H17NO3.C11H17NO2.C11H16O2.C10H14N2O2.C10H14O3/c1-13(2,3)8-9-14(16)7-6-11-5-4-10-15-12(11)14;1-11(2,3)7-8-12(15)6-5-9-13(4)10(12)14;1-9(2,3)5-6-10(16)8(15)14(4)7-11(10,12)13;1-10(2,3)5-6-11(15)8(12)7-13(4)9(11)14;1-10(2,3)5-6-11(15)8(13)7-12(4)9(11)14;1-10(2,3)5-6-11(14)7-8-12(4)9(11)13;1-10(2,3)7-8-11(13)6-4-5-9(11)12;1-9(2,3)5-6-10(4,13)8-12-11-7-14-8;1-9(2,3)4-5-10(12)6-7-13-8(10)11/h4-5,10,16H,6-7H2,1-3H3;15H,5-6,9H2,1-4H3;16H,7H2,1-4H3;8,15H,7H2,1-4H3;8,13,15H,7H2,1-4H3;14H,7-8H2,1-4H3;13H,4-6H2,1-3H3;7,13H,1-4H3;12H,6-7H2,1-3H3. The minimum absolute atomic E-state index is 0.0900. The summed E-state index contributed by atoms with van der Waals surface area (Å²) in [7, 11) is 7.57. The number of aliphatic hydroxyl groups is 10. The molecule has 6 aliphatic heterocycles. The summed E-state index contributed by atoms with van der Waals surface area (Å²) in [5, 5.41) is 106. The minimum Gasteiger partial charge on any atom is -0.463 e. The number of hydrogen-bond acceptors (Lipinski definition) is 22. The number of carbonyl (C=O) groups is 7. The van der Waals surface area contributed by atoms with Crippen LogP contribution in [0.1, 0.15) is 262 Å². The van der Waals surface area contributed by atoms with Crippen LogP contribution in [0.25, 0.3) is 0 Å². The number of alkyl halides is 3. The van der Waals surface area contributed by atoms with Crippen LogP contribution in [-0.4, -0.2) is 264 Å². The van der Waals surface area contributed by atoms with Crippen molar-refractivity contribution in [1.82, 2.24) is 39.7 Å². The molecule has 8 aliphatic rings. The van der Waals surface area contributed by atoms with Crippen molar-refractivity contribution >= 4 is 41.3 Å². The average molecular weight is 1830 g/mol. The number of hydrogen-bond donors (Lipinski definition) is 10. The summed E-state index contributed by atoms with van der Waals surface area (Å²) in [4.78, 5) is 90.6.